The van der Waals surface area contributed by atoms with E-state index in [-0.39, 0.29) is 12.2 Å². The van der Waals surface area contributed by atoms with Gasteiger partial charge in [-0.3, -0.25) is 9.42 Å². The molecule has 0 aliphatic carbocycles. The highest BCUT2D eigenvalue weighted by Gasteiger charge is 2.28. The number of carbonyl (C=O) groups excluding carboxylic acids is 1. The van der Waals surface area contributed by atoms with Gasteiger partial charge in [-0.25, -0.2) is 9.36 Å². The lowest BCUT2D eigenvalue weighted by Gasteiger charge is -2.33. The first-order valence-corrected chi connectivity index (χ1v) is 7.67. The normalized spacial score (nSPS) is 16.5. The standard InChI is InChI=1S/C12H24NO5P/c1-7-11(13(4,5)6)8-9-17-19(15,16)18-12(14)10(2)3/h11H,2,7-9H2,1,3-6H3/p+1. The summed E-state index contributed by atoms with van der Waals surface area (Å²) in [6, 6.07) is 0.303. The molecule has 0 amide bonds. The molecule has 0 saturated heterocycles. The van der Waals surface area contributed by atoms with E-state index in [4.69, 9.17) is 4.52 Å². The van der Waals surface area contributed by atoms with Crippen molar-refractivity contribution in [1.29, 1.82) is 0 Å². The number of phosphoric ester groups is 1. The van der Waals surface area contributed by atoms with Crippen molar-refractivity contribution in [2.45, 2.75) is 32.7 Å². The smallest absolute Gasteiger partial charge is 0.367 e. The SMILES string of the molecule is C=C(C)C(=O)OP(=O)(O)OCCC(CC)[N+](C)(C)C. The van der Waals surface area contributed by atoms with E-state index in [0.717, 1.165) is 10.9 Å². The maximum absolute atomic E-state index is 11.5. The summed E-state index contributed by atoms with van der Waals surface area (Å²) < 4.78 is 21.4. The predicted molar refractivity (Wildman–Crippen MR) is 73.4 cm³/mol. The van der Waals surface area contributed by atoms with Gasteiger partial charge in [0.2, 0.25) is 0 Å². The summed E-state index contributed by atoms with van der Waals surface area (Å²) in [6.45, 7) is 6.83. The molecule has 0 aliphatic rings. The summed E-state index contributed by atoms with van der Waals surface area (Å²) in [4.78, 5) is 20.5. The molecule has 0 radical (unpaired) electrons. The van der Waals surface area contributed by atoms with E-state index < -0.39 is 13.8 Å². The number of phosphoric acid groups is 1. The molecule has 0 aromatic heterocycles. The van der Waals surface area contributed by atoms with E-state index in [2.05, 4.69) is 11.1 Å². The first-order valence-electron chi connectivity index (χ1n) is 6.17. The Kier molecular flexibility index (Phi) is 6.94. The molecule has 1 N–H and O–H groups in total. The zero-order chi connectivity index (χ0) is 15.3. The fraction of sp³-hybridized carbons (Fsp3) is 0.750. The molecule has 2 unspecified atom stereocenters. The summed E-state index contributed by atoms with van der Waals surface area (Å²) in [5, 5.41) is 0. The van der Waals surface area contributed by atoms with Crippen LogP contribution in [-0.2, 0) is 18.4 Å². The van der Waals surface area contributed by atoms with Crippen molar-refractivity contribution in [2.24, 2.45) is 0 Å². The van der Waals surface area contributed by atoms with Crippen LogP contribution < -0.4 is 0 Å². The molecule has 6 nitrogen and oxygen atoms in total. The highest BCUT2D eigenvalue weighted by atomic mass is 31.2. The molecule has 0 aromatic rings. The fourth-order valence-corrected chi connectivity index (χ4v) is 2.41. The van der Waals surface area contributed by atoms with E-state index in [1.807, 2.05) is 28.1 Å². The van der Waals surface area contributed by atoms with Gasteiger partial charge >= 0.3 is 13.8 Å². The van der Waals surface area contributed by atoms with Gasteiger partial charge < -0.3 is 9.01 Å². The van der Waals surface area contributed by atoms with E-state index >= 15 is 0 Å². The third-order valence-electron chi connectivity index (χ3n) is 2.82. The molecule has 0 aromatic carbocycles. The second kappa shape index (κ2) is 7.20. The summed E-state index contributed by atoms with van der Waals surface area (Å²) >= 11 is 0. The Morgan fingerprint density at radius 3 is 2.32 bits per heavy atom. The maximum Gasteiger partial charge on any atom is 0.529 e. The van der Waals surface area contributed by atoms with Crippen LogP contribution in [0.3, 0.4) is 0 Å². The molecule has 7 heteroatoms. The number of nitrogens with zero attached hydrogens (tertiary/aromatic N) is 1. The van der Waals surface area contributed by atoms with Crippen LogP contribution in [0.4, 0.5) is 0 Å². The van der Waals surface area contributed by atoms with Crippen LogP contribution >= 0.6 is 7.82 Å². The Bertz CT molecular complexity index is 375. The minimum atomic E-state index is -4.34. The summed E-state index contributed by atoms with van der Waals surface area (Å²) in [5.41, 5.74) is 0.0515. The van der Waals surface area contributed by atoms with Gasteiger partial charge in [-0.15, -0.1) is 0 Å². The van der Waals surface area contributed by atoms with Crippen LogP contribution in [0, 0.1) is 0 Å². The lowest BCUT2D eigenvalue weighted by atomic mass is 10.1. The van der Waals surface area contributed by atoms with Gasteiger partial charge in [-0.2, -0.15) is 0 Å². The zero-order valence-electron chi connectivity index (χ0n) is 12.4. The summed E-state index contributed by atoms with van der Waals surface area (Å²) in [5.74, 6) is -0.926. The number of hydrogen-bond acceptors (Lipinski definition) is 4. The predicted octanol–water partition coefficient (Wildman–Crippen LogP) is 2.10. The molecule has 0 fully saturated rings. The average Bonchev–Trinajstić information content (AvgIpc) is 2.21. The molecule has 19 heavy (non-hydrogen) atoms. The van der Waals surface area contributed by atoms with E-state index in [1.165, 1.54) is 6.92 Å². The second-order valence-electron chi connectivity index (χ2n) is 5.43. The number of hydrogen-bond donors (Lipinski definition) is 1. The van der Waals surface area contributed by atoms with Crippen molar-refractivity contribution < 1.29 is 27.8 Å². The quantitative estimate of drug-likeness (QED) is 0.421. The number of quaternary nitrogens is 1. The number of rotatable bonds is 8. The lowest BCUT2D eigenvalue weighted by Crippen LogP contribution is -2.45. The monoisotopic (exact) mass is 294 g/mol. The first kappa shape index (κ1) is 18.3. The topological polar surface area (TPSA) is 72.8 Å². The van der Waals surface area contributed by atoms with Crippen LogP contribution in [0.2, 0.25) is 0 Å². The van der Waals surface area contributed by atoms with Crippen LogP contribution in [-0.4, -0.2) is 49.1 Å². The average molecular weight is 294 g/mol. The molecule has 0 aliphatic heterocycles. The van der Waals surface area contributed by atoms with Gasteiger partial charge in [0, 0.05) is 12.0 Å². The summed E-state index contributed by atoms with van der Waals surface area (Å²) in [7, 11) is 1.81. The van der Waals surface area contributed by atoms with Gasteiger partial charge in [-0.05, 0) is 13.3 Å². The van der Waals surface area contributed by atoms with Crippen LogP contribution in [0.15, 0.2) is 12.2 Å². The first-order chi connectivity index (χ1) is 8.49. The zero-order valence-corrected chi connectivity index (χ0v) is 13.3. The molecule has 0 heterocycles. The van der Waals surface area contributed by atoms with Crippen LogP contribution in [0.1, 0.15) is 26.7 Å². The van der Waals surface area contributed by atoms with Crippen molar-refractivity contribution >= 4 is 13.8 Å². The molecule has 0 saturated carbocycles. The van der Waals surface area contributed by atoms with Crippen molar-refractivity contribution in [1.82, 2.24) is 0 Å². The minimum absolute atomic E-state index is 0.0515. The molecule has 2 atom stereocenters. The largest absolute Gasteiger partial charge is 0.529 e. The van der Waals surface area contributed by atoms with E-state index in [1.54, 1.807) is 0 Å². The van der Waals surface area contributed by atoms with E-state index in [9.17, 15) is 14.3 Å². The van der Waals surface area contributed by atoms with Gasteiger partial charge in [0.25, 0.3) is 0 Å². The Hall–Kier alpha value is -0.680. The van der Waals surface area contributed by atoms with Crippen molar-refractivity contribution in [3.63, 3.8) is 0 Å². The van der Waals surface area contributed by atoms with Gasteiger partial charge in [-0.1, -0.05) is 13.5 Å². The van der Waals surface area contributed by atoms with Gasteiger partial charge in [0.05, 0.1) is 33.8 Å². The summed E-state index contributed by atoms with van der Waals surface area (Å²) in [6.07, 6.45) is 1.53. The van der Waals surface area contributed by atoms with Crippen molar-refractivity contribution in [3.05, 3.63) is 12.2 Å². The van der Waals surface area contributed by atoms with Gasteiger partial charge in [0.15, 0.2) is 0 Å². The Balaban J connectivity index is 4.29. The lowest BCUT2D eigenvalue weighted by molar-refractivity contribution is -0.896. The Morgan fingerprint density at radius 1 is 1.42 bits per heavy atom. The highest BCUT2D eigenvalue weighted by molar-refractivity contribution is 7.48. The second-order valence-corrected chi connectivity index (χ2v) is 6.81. The van der Waals surface area contributed by atoms with Crippen LogP contribution in [0.5, 0.6) is 0 Å². The third-order valence-corrected chi connectivity index (χ3v) is 3.72. The van der Waals surface area contributed by atoms with Crippen LogP contribution in [0.25, 0.3) is 0 Å². The Morgan fingerprint density at radius 2 is 1.95 bits per heavy atom. The molecule has 0 rings (SSSR count). The molecular weight excluding hydrogens is 269 g/mol. The number of carbonyl (C=O) groups is 1. The Labute approximate surface area is 115 Å². The molecule has 112 valence electrons. The fourth-order valence-electron chi connectivity index (χ4n) is 1.65. The third kappa shape index (κ3) is 7.47. The van der Waals surface area contributed by atoms with Gasteiger partial charge in [0.1, 0.15) is 0 Å². The molecule has 0 spiro atoms. The van der Waals surface area contributed by atoms with Crippen molar-refractivity contribution in [3.8, 4) is 0 Å². The minimum Gasteiger partial charge on any atom is -0.367 e. The maximum atomic E-state index is 11.5. The van der Waals surface area contributed by atoms with E-state index in [0.29, 0.717) is 12.5 Å². The highest BCUT2D eigenvalue weighted by Crippen LogP contribution is 2.44. The molecule has 0 bridgehead atoms. The molecular formula is C12H25NO5P+. The van der Waals surface area contributed by atoms with Crippen molar-refractivity contribution in [2.75, 3.05) is 27.7 Å².